The van der Waals surface area contributed by atoms with Gasteiger partial charge in [-0.1, -0.05) is 0 Å². The average Bonchev–Trinajstić information content (AvgIpc) is 2.33. The van der Waals surface area contributed by atoms with E-state index in [9.17, 15) is 4.79 Å². The quantitative estimate of drug-likeness (QED) is 0.756. The third kappa shape index (κ3) is 3.19. The van der Waals surface area contributed by atoms with Crippen LogP contribution in [0, 0.1) is 5.92 Å². The van der Waals surface area contributed by atoms with Crippen molar-refractivity contribution < 1.29 is 9.53 Å². The van der Waals surface area contributed by atoms with Crippen molar-refractivity contribution in [3.63, 3.8) is 0 Å². The van der Waals surface area contributed by atoms with Gasteiger partial charge in [-0.15, -0.1) is 0 Å². The van der Waals surface area contributed by atoms with E-state index in [1.807, 2.05) is 4.90 Å². The molecule has 2 fully saturated rings. The molecular formula is C12H22N2O2. The lowest BCUT2D eigenvalue weighted by Crippen LogP contribution is -2.41. The number of hydrogen-bond acceptors (Lipinski definition) is 3. The van der Waals surface area contributed by atoms with Crippen LogP contribution < -0.4 is 5.73 Å². The Morgan fingerprint density at radius 1 is 1.19 bits per heavy atom. The Labute approximate surface area is 97.1 Å². The molecule has 0 unspecified atom stereocenters. The number of carbonyl (C=O) groups excluding carboxylic acids is 1. The summed E-state index contributed by atoms with van der Waals surface area (Å²) in [6.45, 7) is 2.93. The van der Waals surface area contributed by atoms with Gasteiger partial charge in [-0.25, -0.2) is 0 Å². The van der Waals surface area contributed by atoms with Crippen LogP contribution in [0.4, 0.5) is 0 Å². The number of rotatable bonds is 2. The van der Waals surface area contributed by atoms with Gasteiger partial charge < -0.3 is 15.4 Å². The second kappa shape index (κ2) is 5.64. The van der Waals surface area contributed by atoms with E-state index in [0.29, 0.717) is 37.5 Å². The van der Waals surface area contributed by atoms with Crippen molar-refractivity contribution in [3.05, 3.63) is 0 Å². The number of carbonyl (C=O) groups is 1. The lowest BCUT2D eigenvalue weighted by molar-refractivity contribution is -0.136. The molecular weight excluding hydrogens is 204 g/mol. The molecule has 2 aliphatic rings. The summed E-state index contributed by atoms with van der Waals surface area (Å²) >= 11 is 0. The minimum absolute atomic E-state index is 0.309. The monoisotopic (exact) mass is 226 g/mol. The number of hydrogen-bond donors (Lipinski definition) is 1. The highest BCUT2D eigenvalue weighted by molar-refractivity contribution is 5.76. The molecule has 1 amide bonds. The molecule has 0 aromatic rings. The first kappa shape index (κ1) is 11.9. The summed E-state index contributed by atoms with van der Waals surface area (Å²) in [4.78, 5) is 13.9. The Hall–Kier alpha value is -0.610. The minimum atomic E-state index is 0.309. The predicted octanol–water partition coefficient (Wildman–Crippen LogP) is 0.753. The third-order valence-electron chi connectivity index (χ3n) is 3.72. The van der Waals surface area contributed by atoms with Gasteiger partial charge in [0.2, 0.25) is 5.91 Å². The van der Waals surface area contributed by atoms with Crippen LogP contribution in [0.1, 0.15) is 32.1 Å². The van der Waals surface area contributed by atoms with Gasteiger partial charge in [-0.05, 0) is 31.6 Å². The molecule has 0 radical (unpaired) electrons. The Balaban J connectivity index is 1.73. The SMILES string of the molecule is NC1CCC(CC(=O)N2CCOCC2)CC1. The maximum absolute atomic E-state index is 12.0. The zero-order valence-corrected chi connectivity index (χ0v) is 9.86. The van der Waals surface area contributed by atoms with Crippen LogP contribution in [0.5, 0.6) is 0 Å². The van der Waals surface area contributed by atoms with E-state index in [4.69, 9.17) is 10.5 Å². The van der Waals surface area contributed by atoms with E-state index in [-0.39, 0.29) is 0 Å². The van der Waals surface area contributed by atoms with Crippen LogP contribution in [-0.4, -0.2) is 43.2 Å². The number of nitrogens with zero attached hydrogens (tertiary/aromatic N) is 1. The third-order valence-corrected chi connectivity index (χ3v) is 3.72. The second-order valence-electron chi connectivity index (χ2n) is 4.98. The molecule has 1 aliphatic heterocycles. The molecule has 4 heteroatoms. The van der Waals surface area contributed by atoms with Crippen LogP contribution >= 0.6 is 0 Å². The molecule has 4 nitrogen and oxygen atoms in total. The molecule has 16 heavy (non-hydrogen) atoms. The number of amides is 1. The van der Waals surface area contributed by atoms with Crippen LogP contribution in [0.15, 0.2) is 0 Å². The molecule has 0 bridgehead atoms. The summed E-state index contributed by atoms with van der Waals surface area (Å²) in [5.41, 5.74) is 5.86. The van der Waals surface area contributed by atoms with Gasteiger partial charge in [-0.2, -0.15) is 0 Å². The molecule has 2 rings (SSSR count). The first-order valence-corrected chi connectivity index (χ1v) is 6.37. The van der Waals surface area contributed by atoms with Gasteiger partial charge in [0.15, 0.2) is 0 Å². The van der Waals surface area contributed by atoms with Gasteiger partial charge in [0.1, 0.15) is 0 Å². The van der Waals surface area contributed by atoms with Crippen molar-refractivity contribution in [1.29, 1.82) is 0 Å². The molecule has 1 aliphatic carbocycles. The number of morpholine rings is 1. The van der Waals surface area contributed by atoms with E-state index < -0.39 is 0 Å². The van der Waals surface area contributed by atoms with Gasteiger partial charge in [0.05, 0.1) is 13.2 Å². The topological polar surface area (TPSA) is 55.6 Å². The number of ether oxygens (including phenoxy) is 1. The first-order chi connectivity index (χ1) is 7.75. The molecule has 1 saturated heterocycles. The van der Waals surface area contributed by atoms with Gasteiger partial charge in [0.25, 0.3) is 0 Å². The zero-order chi connectivity index (χ0) is 11.4. The van der Waals surface area contributed by atoms with Crippen LogP contribution in [0.2, 0.25) is 0 Å². The summed E-state index contributed by atoms with van der Waals surface area (Å²) in [6, 6.07) is 0.370. The van der Waals surface area contributed by atoms with Gasteiger partial charge >= 0.3 is 0 Å². The molecule has 0 aromatic heterocycles. The molecule has 1 heterocycles. The van der Waals surface area contributed by atoms with Crippen molar-refractivity contribution in [2.75, 3.05) is 26.3 Å². The second-order valence-corrected chi connectivity index (χ2v) is 4.98. The highest BCUT2D eigenvalue weighted by Gasteiger charge is 2.24. The maximum Gasteiger partial charge on any atom is 0.223 e. The van der Waals surface area contributed by atoms with Crippen molar-refractivity contribution in [3.8, 4) is 0 Å². The fraction of sp³-hybridized carbons (Fsp3) is 0.917. The zero-order valence-electron chi connectivity index (χ0n) is 9.86. The van der Waals surface area contributed by atoms with Crippen molar-refractivity contribution in [2.24, 2.45) is 11.7 Å². The Bertz CT molecular complexity index is 231. The fourth-order valence-corrected chi connectivity index (χ4v) is 2.58. The Morgan fingerprint density at radius 3 is 2.44 bits per heavy atom. The molecule has 2 N–H and O–H groups in total. The lowest BCUT2D eigenvalue weighted by atomic mass is 9.84. The van der Waals surface area contributed by atoms with E-state index in [1.54, 1.807) is 0 Å². The predicted molar refractivity (Wildman–Crippen MR) is 61.9 cm³/mol. The summed E-state index contributed by atoms with van der Waals surface area (Å²) in [5, 5.41) is 0. The van der Waals surface area contributed by atoms with Gasteiger partial charge in [0, 0.05) is 25.6 Å². The Morgan fingerprint density at radius 2 is 1.81 bits per heavy atom. The number of nitrogens with two attached hydrogens (primary N) is 1. The fourth-order valence-electron chi connectivity index (χ4n) is 2.58. The summed E-state index contributed by atoms with van der Waals surface area (Å²) < 4.78 is 5.24. The molecule has 92 valence electrons. The summed E-state index contributed by atoms with van der Waals surface area (Å²) in [6.07, 6.45) is 5.13. The van der Waals surface area contributed by atoms with E-state index in [1.165, 1.54) is 0 Å². The summed E-state index contributed by atoms with van der Waals surface area (Å²) in [7, 11) is 0. The highest BCUT2D eigenvalue weighted by atomic mass is 16.5. The van der Waals surface area contributed by atoms with E-state index >= 15 is 0 Å². The van der Waals surface area contributed by atoms with Crippen molar-refractivity contribution in [1.82, 2.24) is 4.90 Å². The largest absolute Gasteiger partial charge is 0.378 e. The van der Waals surface area contributed by atoms with Crippen LogP contribution in [0.25, 0.3) is 0 Å². The molecule has 0 aromatic carbocycles. The van der Waals surface area contributed by atoms with E-state index in [2.05, 4.69) is 0 Å². The normalized spacial score (nSPS) is 31.4. The van der Waals surface area contributed by atoms with Crippen LogP contribution in [0.3, 0.4) is 0 Å². The van der Waals surface area contributed by atoms with Crippen LogP contribution in [-0.2, 0) is 9.53 Å². The average molecular weight is 226 g/mol. The van der Waals surface area contributed by atoms with Gasteiger partial charge in [-0.3, -0.25) is 4.79 Å². The minimum Gasteiger partial charge on any atom is -0.378 e. The van der Waals surface area contributed by atoms with E-state index in [0.717, 1.165) is 38.8 Å². The van der Waals surface area contributed by atoms with Crippen molar-refractivity contribution in [2.45, 2.75) is 38.1 Å². The maximum atomic E-state index is 12.0. The smallest absolute Gasteiger partial charge is 0.223 e. The standard InChI is InChI=1S/C12H22N2O2/c13-11-3-1-10(2-4-11)9-12(15)14-5-7-16-8-6-14/h10-11H,1-9,13H2. The lowest BCUT2D eigenvalue weighted by Gasteiger charge is -2.30. The highest BCUT2D eigenvalue weighted by Crippen LogP contribution is 2.26. The molecule has 0 spiro atoms. The first-order valence-electron chi connectivity index (χ1n) is 6.37. The molecule has 0 atom stereocenters. The summed E-state index contributed by atoms with van der Waals surface area (Å²) in [5.74, 6) is 0.874. The molecule has 1 saturated carbocycles. The Kier molecular flexibility index (Phi) is 4.18. The van der Waals surface area contributed by atoms with Crippen molar-refractivity contribution >= 4 is 5.91 Å².